The van der Waals surface area contributed by atoms with Crippen LogP contribution in [0.3, 0.4) is 0 Å². The minimum atomic E-state index is -0.355. The Balaban J connectivity index is 1.70. The van der Waals surface area contributed by atoms with E-state index in [0.29, 0.717) is 12.2 Å². The van der Waals surface area contributed by atoms with Gasteiger partial charge in [-0.25, -0.2) is 0 Å². The van der Waals surface area contributed by atoms with Crippen molar-refractivity contribution in [2.24, 2.45) is 0 Å². The molecule has 6 nitrogen and oxygen atoms in total. The lowest BCUT2D eigenvalue weighted by Gasteiger charge is -2.24. The zero-order chi connectivity index (χ0) is 16.8. The molecular weight excluding hydrogens is 306 g/mol. The molecule has 0 saturated carbocycles. The van der Waals surface area contributed by atoms with Crippen molar-refractivity contribution in [2.75, 3.05) is 31.6 Å². The summed E-state index contributed by atoms with van der Waals surface area (Å²) in [5.74, 6) is 0. The van der Waals surface area contributed by atoms with Gasteiger partial charge in [-0.1, -0.05) is 36.4 Å². The van der Waals surface area contributed by atoms with Gasteiger partial charge in [-0.3, -0.25) is 10.1 Å². The van der Waals surface area contributed by atoms with Crippen LogP contribution in [0.5, 0.6) is 0 Å². The van der Waals surface area contributed by atoms with Gasteiger partial charge in [0.2, 0.25) is 0 Å². The molecule has 2 aromatic carbocycles. The lowest BCUT2D eigenvalue weighted by Crippen LogP contribution is -3.12. The van der Waals surface area contributed by atoms with E-state index in [2.05, 4.69) is 17.4 Å². The molecule has 0 aliphatic carbocycles. The highest BCUT2D eigenvalue weighted by Crippen LogP contribution is 2.24. The minimum Gasteiger partial charge on any atom is -0.375 e. The van der Waals surface area contributed by atoms with Crippen molar-refractivity contribution in [3.63, 3.8) is 0 Å². The van der Waals surface area contributed by atoms with Gasteiger partial charge in [-0.15, -0.1) is 0 Å². The smallest absolute Gasteiger partial charge is 0.292 e. The van der Waals surface area contributed by atoms with Crippen molar-refractivity contribution in [1.29, 1.82) is 0 Å². The first kappa shape index (κ1) is 16.4. The Morgan fingerprint density at radius 1 is 1.04 bits per heavy atom. The van der Waals surface area contributed by atoms with Gasteiger partial charge in [0, 0.05) is 18.2 Å². The second-order valence-electron chi connectivity index (χ2n) is 5.94. The molecule has 0 amide bonds. The number of rotatable bonds is 6. The van der Waals surface area contributed by atoms with Crippen LogP contribution in [0.2, 0.25) is 0 Å². The number of nitro benzene ring substituents is 1. The predicted molar refractivity (Wildman–Crippen MR) is 92.1 cm³/mol. The Bertz CT molecular complexity index is 699. The molecule has 0 unspecified atom stereocenters. The maximum atomic E-state index is 11.1. The van der Waals surface area contributed by atoms with Gasteiger partial charge >= 0.3 is 0 Å². The molecule has 126 valence electrons. The normalized spacial score (nSPS) is 15.2. The number of para-hydroxylation sites is 2. The summed E-state index contributed by atoms with van der Waals surface area (Å²) in [6.07, 6.45) is 0. The predicted octanol–water partition coefficient (Wildman–Crippen LogP) is 1.62. The van der Waals surface area contributed by atoms with Crippen molar-refractivity contribution in [3.8, 4) is 0 Å². The Morgan fingerprint density at radius 2 is 1.71 bits per heavy atom. The van der Waals surface area contributed by atoms with E-state index in [0.717, 1.165) is 32.8 Å². The van der Waals surface area contributed by atoms with Gasteiger partial charge in [-0.05, 0) is 11.6 Å². The first-order valence-electron chi connectivity index (χ1n) is 8.19. The second kappa shape index (κ2) is 7.90. The highest BCUT2D eigenvalue weighted by Gasteiger charge is 2.16. The number of hydrogen-bond donors (Lipinski definition) is 2. The second-order valence-corrected chi connectivity index (χ2v) is 5.94. The van der Waals surface area contributed by atoms with Crippen LogP contribution in [0, 0.1) is 10.1 Å². The summed E-state index contributed by atoms with van der Waals surface area (Å²) >= 11 is 0. The number of ether oxygens (including phenoxy) is 1. The van der Waals surface area contributed by atoms with E-state index in [1.807, 2.05) is 12.1 Å². The summed E-state index contributed by atoms with van der Waals surface area (Å²) in [6, 6.07) is 15.0. The van der Waals surface area contributed by atoms with E-state index in [9.17, 15) is 10.1 Å². The van der Waals surface area contributed by atoms with Gasteiger partial charge in [-0.2, -0.15) is 0 Å². The number of nitrogens with zero attached hydrogens (tertiary/aromatic N) is 1. The first-order valence-corrected chi connectivity index (χ1v) is 8.19. The van der Waals surface area contributed by atoms with Crippen LogP contribution < -0.4 is 10.2 Å². The number of nitro groups is 1. The largest absolute Gasteiger partial charge is 0.375 e. The maximum Gasteiger partial charge on any atom is 0.292 e. The molecule has 0 radical (unpaired) electrons. The van der Waals surface area contributed by atoms with Crippen LogP contribution in [0.15, 0.2) is 48.5 Å². The van der Waals surface area contributed by atoms with E-state index in [1.54, 1.807) is 18.2 Å². The fourth-order valence-electron chi connectivity index (χ4n) is 2.98. The molecule has 24 heavy (non-hydrogen) atoms. The van der Waals surface area contributed by atoms with Crippen LogP contribution in [0.1, 0.15) is 11.1 Å². The molecule has 0 bridgehead atoms. The van der Waals surface area contributed by atoms with Gasteiger partial charge < -0.3 is 15.0 Å². The van der Waals surface area contributed by atoms with Crippen LogP contribution in [0.25, 0.3) is 0 Å². The molecule has 0 aromatic heterocycles. The third-order valence-corrected chi connectivity index (χ3v) is 4.33. The summed E-state index contributed by atoms with van der Waals surface area (Å²) in [7, 11) is 0. The highest BCUT2D eigenvalue weighted by atomic mass is 16.6. The highest BCUT2D eigenvalue weighted by molar-refractivity contribution is 5.61. The van der Waals surface area contributed by atoms with E-state index >= 15 is 0 Å². The first-order chi connectivity index (χ1) is 11.7. The standard InChI is InChI=1S/C18H21N3O3/c22-21(23)18-8-4-3-7-17(18)19-13-15-5-1-2-6-16(15)14-20-9-11-24-12-10-20/h1-8,19H,9-14H2/p+1. The lowest BCUT2D eigenvalue weighted by molar-refractivity contribution is -0.921. The fourth-order valence-corrected chi connectivity index (χ4v) is 2.98. The number of morpholine rings is 1. The molecule has 2 N–H and O–H groups in total. The third kappa shape index (κ3) is 4.10. The summed E-state index contributed by atoms with van der Waals surface area (Å²) in [5, 5.41) is 14.3. The number of anilines is 1. The summed E-state index contributed by atoms with van der Waals surface area (Å²) in [5.41, 5.74) is 3.11. The minimum absolute atomic E-state index is 0.105. The van der Waals surface area contributed by atoms with Gasteiger partial charge in [0.25, 0.3) is 5.69 Å². The molecular formula is C18H22N3O3+. The number of benzene rings is 2. The zero-order valence-corrected chi connectivity index (χ0v) is 13.5. The number of nitrogens with one attached hydrogen (secondary N) is 2. The monoisotopic (exact) mass is 328 g/mol. The Hall–Kier alpha value is -2.44. The Morgan fingerprint density at radius 3 is 2.46 bits per heavy atom. The van der Waals surface area contributed by atoms with Crippen LogP contribution in [-0.2, 0) is 17.8 Å². The Labute approximate surface area is 141 Å². The molecule has 2 aromatic rings. The summed E-state index contributed by atoms with van der Waals surface area (Å²) in [6.45, 7) is 5.19. The maximum absolute atomic E-state index is 11.1. The molecule has 0 spiro atoms. The van der Waals surface area contributed by atoms with Crippen LogP contribution in [-0.4, -0.2) is 31.2 Å². The third-order valence-electron chi connectivity index (χ3n) is 4.33. The average molecular weight is 328 g/mol. The van der Waals surface area contributed by atoms with Crippen molar-refractivity contribution < 1.29 is 14.6 Å². The van der Waals surface area contributed by atoms with Gasteiger partial charge in [0.05, 0.1) is 18.1 Å². The molecule has 1 fully saturated rings. The van der Waals surface area contributed by atoms with Crippen molar-refractivity contribution in [2.45, 2.75) is 13.1 Å². The van der Waals surface area contributed by atoms with E-state index in [-0.39, 0.29) is 10.6 Å². The van der Waals surface area contributed by atoms with Gasteiger partial charge in [0.15, 0.2) is 0 Å². The summed E-state index contributed by atoms with van der Waals surface area (Å²) < 4.78 is 5.41. The number of quaternary nitrogens is 1. The molecule has 6 heteroatoms. The Kier molecular flexibility index (Phi) is 5.40. The number of hydrogen-bond acceptors (Lipinski definition) is 4. The van der Waals surface area contributed by atoms with Crippen molar-refractivity contribution in [3.05, 3.63) is 69.8 Å². The quantitative estimate of drug-likeness (QED) is 0.625. The van der Waals surface area contributed by atoms with Gasteiger partial charge in [0.1, 0.15) is 25.3 Å². The molecule has 1 heterocycles. The fraction of sp³-hybridized carbons (Fsp3) is 0.333. The van der Waals surface area contributed by atoms with E-state index in [4.69, 9.17) is 4.74 Å². The van der Waals surface area contributed by atoms with Crippen LogP contribution in [0.4, 0.5) is 11.4 Å². The van der Waals surface area contributed by atoms with Crippen molar-refractivity contribution >= 4 is 11.4 Å². The van der Waals surface area contributed by atoms with E-state index in [1.165, 1.54) is 22.1 Å². The molecule has 0 atom stereocenters. The summed E-state index contributed by atoms with van der Waals surface area (Å²) in [4.78, 5) is 12.3. The lowest BCUT2D eigenvalue weighted by atomic mass is 10.1. The van der Waals surface area contributed by atoms with Crippen LogP contribution >= 0.6 is 0 Å². The molecule has 1 saturated heterocycles. The zero-order valence-electron chi connectivity index (χ0n) is 13.5. The van der Waals surface area contributed by atoms with E-state index < -0.39 is 0 Å². The molecule has 1 aliphatic rings. The molecule has 1 aliphatic heterocycles. The average Bonchev–Trinajstić information content (AvgIpc) is 2.62. The SMILES string of the molecule is O=[N+]([O-])c1ccccc1NCc1ccccc1C[NH+]1CCOCC1. The molecule has 3 rings (SSSR count). The van der Waals surface area contributed by atoms with Crippen molar-refractivity contribution in [1.82, 2.24) is 0 Å². The topological polar surface area (TPSA) is 68.8 Å².